The van der Waals surface area contributed by atoms with Crippen LogP contribution >= 0.6 is 0 Å². The number of amides is 2. The monoisotopic (exact) mass is 305 g/mol. The molecule has 22 heavy (non-hydrogen) atoms. The van der Waals surface area contributed by atoms with Gasteiger partial charge in [0, 0.05) is 43.2 Å². The number of piperidine rings is 1. The first-order chi connectivity index (χ1) is 10.5. The molecule has 1 saturated heterocycles. The number of nitrogens with zero attached hydrogens (tertiary/aromatic N) is 2. The van der Waals surface area contributed by atoms with Gasteiger partial charge in [0.1, 0.15) is 0 Å². The fourth-order valence-corrected chi connectivity index (χ4v) is 2.57. The van der Waals surface area contributed by atoms with Crippen LogP contribution in [0.1, 0.15) is 30.1 Å². The Balaban J connectivity index is 1.94. The molecule has 0 aliphatic carbocycles. The zero-order chi connectivity index (χ0) is 16.1. The summed E-state index contributed by atoms with van der Waals surface area (Å²) in [6.45, 7) is 3.54. The van der Waals surface area contributed by atoms with Crippen molar-refractivity contribution in [2.45, 2.75) is 19.8 Å². The minimum absolute atomic E-state index is 0.0357. The van der Waals surface area contributed by atoms with Crippen LogP contribution < -0.4 is 5.32 Å². The Kier molecular flexibility index (Phi) is 5.08. The van der Waals surface area contributed by atoms with E-state index in [1.165, 1.54) is 24.3 Å². The van der Waals surface area contributed by atoms with Crippen LogP contribution in [0.15, 0.2) is 24.3 Å². The maximum Gasteiger partial charge on any atom is 0.269 e. The largest absolute Gasteiger partial charge is 0.356 e. The fraction of sp³-hybridized carbons (Fsp3) is 0.467. The zero-order valence-electron chi connectivity index (χ0n) is 12.4. The summed E-state index contributed by atoms with van der Waals surface area (Å²) in [6, 6.07) is 5.59. The Morgan fingerprint density at radius 1 is 1.27 bits per heavy atom. The van der Waals surface area contributed by atoms with Gasteiger partial charge in [-0.25, -0.2) is 0 Å². The van der Waals surface area contributed by atoms with E-state index in [1.807, 2.05) is 6.92 Å². The number of non-ortho nitro benzene ring substituents is 1. The predicted molar refractivity (Wildman–Crippen MR) is 80.4 cm³/mol. The van der Waals surface area contributed by atoms with Crippen LogP contribution in [0.4, 0.5) is 5.69 Å². The first-order valence-corrected chi connectivity index (χ1v) is 7.34. The molecule has 2 rings (SSSR count). The molecule has 0 spiro atoms. The second-order valence-corrected chi connectivity index (χ2v) is 5.27. The highest BCUT2D eigenvalue weighted by Gasteiger charge is 2.27. The van der Waals surface area contributed by atoms with E-state index in [-0.39, 0.29) is 23.4 Å². The highest BCUT2D eigenvalue weighted by atomic mass is 16.6. The van der Waals surface area contributed by atoms with Gasteiger partial charge in [-0.15, -0.1) is 0 Å². The number of nitrogens with one attached hydrogen (secondary N) is 1. The lowest BCUT2D eigenvalue weighted by Crippen LogP contribution is -2.43. The van der Waals surface area contributed by atoms with Gasteiger partial charge in [-0.3, -0.25) is 19.7 Å². The van der Waals surface area contributed by atoms with E-state index in [4.69, 9.17) is 0 Å². The van der Waals surface area contributed by atoms with Crippen molar-refractivity contribution < 1.29 is 14.5 Å². The predicted octanol–water partition coefficient (Wildman–Crippen LogP) is 1.58. The molecule has 2 amide bonds. The number of carbonyl (C=O) groups is 2. The molecule has 0 unspecified atom stereocenters. The second-order valence-electron chi connectivity index (χ2n) is 5.27. The maximum absolute atomic E-state index is 12.3. The third-order valence-corrected chi connectivity index (χ3v) is 3.83. The molecule has 1 aliphatic rings. The van der Waals surface area contributed by atoms with Gasteiger partial charge in [-0.1, -0.05) is 0 Å². The van der Waals surface area contributed by atoms with E-state index >= 15 is 0 Å². The van der Waals surface area contributed by atoms with Gasteiger partial charge in [0.15, 0.2) is 0 Å². The van der Waals surface area contributed by atoms with Crippen LogP contribution in [0.2, 0.25) is 0 Å². The smallest absolute Gasteiger partial charge is 0.269 e. The normalized spacial score (nSPS) is 15.4. The summed E-state index contributed by atoms with van der Waals surface area (Å²) in [4.78, 5) is 35.9. The summed E-state index contributed by atoms with van der Waals surface area (Å²) in [7, 11) is 0. The van der Waals surface area contributed by atoms with Crippen LogP contribution in [-0.4, -0.2) is 41.3 Å². The van der Waals surface area contributed by atoms with E-state index in [0.717, 1.165) is 0 Å². The molecular formula is C15H19N3O4. The van der Waals surface area contributed by atoms with Crippen LogP contribution in [0.25, 0.3) is 0 Å². The molecule has 0 radical (unpaired) electrons. The van der Waals surface area contributed by atoms with Gasteiger partial charge in [-0.2, -0.15) is 0 Å². The van der Waals surface area contributed by atoms with Crippen molar-refractivity contribution in [2.24, 2.45) is 5.92 Å². The Hall–Kier alpha value is -2.44. The first kappa shape index (κ1) is 15.9. The number of hydrogen-bond donors (Lipinski definition) is 1. The Morgan fingerprint density at radius 2 is 1.86 bits per heavy atom. The molecule has 0 bridgehead atoms. The Morgan fingerprint density at radius 3 is 2.36 bits per heavy atom. The summed E-state index contributed by atoms with van der Waals surface area (Å²) in [6.07, 6.45) is 1.29. The molecule has 1 aliphatic heterocycles. The summed E-state index contributed by atoms with van der Waals surface area (Å²) in [5.41, 5.74) is 0.397. The lowest BCUT2D eigenvalue weighted by Gasteiger charge is -2.31. The van der Waals surface area contributed by atoms with Crippen molar-refractivity contribution in [1.82, 2.24) is 10.2 Å². The van der Waals surface area contributed by atoms with Crippen LogP contribution in [-0.2, 0) is 4.79 Å². The second kappa shape index (κ2) is 7.02. The number of nitro benzene ring substituents is 1. The molecule has 1 aromatic rings. The highest BCUT2D eigenvalue weighted by Crippen LogP contribution is 2.20. The Labute approximate surface area is 128 Å². The standard InChI is InChI=1S/C15H19N3O4/c1-2-16-14(19)11-7-9-17(10-8-11)15(20)12-3-5-13(6-4-12)18(21)22/h3-6,11H,2,7-10H2,1H3,(H,16,19). The topological polar surface area (TPSA) is 92.6 Å². The van der Waals surface area contributed by atoms with E-state index < -0.39 is 4.92 Å². The van der Waals surface area contributed by atoms with Gasteiger partial charge in [-0.05, 0) is 31.9 Å². The van der Waals surface area contributed by atoms with Crippen LogP contribution in [0.3, 0.4) is 0 Å². The molecule has 118 valence electrons. The SMILES string of the molecule is CCNC(=O)C1CCN(C(=O)c2ccc([N+](=O)[O-])cc2)CC1. The summed E-state index contributed by atoms with van der Waals surface area (Å²) in [5, 5.41) is 13.4. The van der Waals surface area contributed by atoms with Gasteiger partial charge < -0.3 is 10.2 Å². The third-order valence-electron chi connectivity index (χ3n) is 3.83. The molecule has 0 atom stereocenters. The van der Waals surface area contributed by atoms with E-state index in [1.54, 1.807) is 4.90 Å². The average Bonchev–Trinajstić information content (AvgIpc) is 2.54. The number of nitro groups is 1. The van der Waals surface area contributed by atoms with E-state index in [0.29, 0.717) is 38.0 Å². The van der Waals surface area contributed by atoms with Gasteiger partial charge >= 0.3 is 0 Å². The fourth-order valence-electron chi connectivity index (χ4n) is 2.57. The van der Waals surface area contributed by atoms with Crippen LogP contribution in [0.5, 0.6) is 0 Å². The third kappa shape index (κ3) is 3.60. The summed E-state index contributed by atoms with van der Waals surface area (Å²) < 4.78 is 0. The quantitative estimate of drug-likeness (QED) is 0.675. The summed E-state index contributed by atoms with van der Waals surface area (Å²) >= 11 is 0. The maximum atomic E-state index is 12.3. The molecule has 1 N–H and O–H groups in total. The van der Waals surface area contributed by atoms with Gasteiger partial charge in [0.2, 0.25) is 5.91 Å². The van der Waals surface area contributed by atoms with E-state index in [2.05, 4.69) is 5.32 Å². The Bertz CT molecular complexity index is 563. The molecule has 0 saturated carbocycles. The number of carbonyl (C=O) groups excluding carboxylic acids is 2. The van der Waals surface area contributed by atoms with Crippen molar-refractivity contribution in [3.63, 3.8) is 0 Å². The molecule has 7 heteroatoms. The van der Waals surface area contributed by atoms with Crippen molar-refractivity contribution in [3.8, 4) is 0 Å². The first-order valence-electron chi connectivity index (χ1n) is 7.34. The minimum atomic E-state index is -0.494. The molecular weight excluding hydrogens is 286 g/mol. The number of benzene rings is 1. The number of hydrogen-bond acceptors (Lipinski definition) is 4. The van der Waals surface area contributed by atoms with Crippen molar-refractivity contribution in [3.05, 3.63) is 39.9 Å². The van der Waals surface area contributed by atoms with Crippen molar-refractivity contribution >= 4 is 17.5 Å². The van der Waals surface area contributed by atoms with Crippen molar-refractivity contribution in [1.29, 1.82) is 0 Å². The van der Waals surface area contributed by atoms with Crippen molar-refractivity contribution in [2.75, 3.05) is 19.6 Å². The minimum Gasteiger partial charge on any atom is -0.356 e. The lowest BCUT2D eigenvalue weighted by molar-refractivity contribution is -0.384. The molecule has 1 fully saturated rings. The molecule has 0 aromatic heterocycles. The zero-order valence-corrected chi connectivity index (χ0v) is 12.4. The molecule has 1 aromatic carbocycles. The van der Waals surface area contributed by atoms with Gasteiger partial charge in [0.05, 0.1) is 4.92 Å². The summed E-state index contributed by atoms with van der Waals surface area (Å²) in [5.74, 6) is -0.143. The van der Waals surface area contributed by atoms with Gasteiger partial charge in [0.25, 0.3) is 11.6 Å². The van der Waals surface area contributed by atoms with E-state index in [9.17, 15) is 19.7 Å². The molecule has 7 nitrogen and oxygen atoms in total. The number of likely N-dealkylation sites (tertiary alicyclic amines) is 1. The van der Waals surface area contributed by atoms with Crippen LogP contribution in [0, 0.1) is 16.0 Å². The number of rotatable bonds is 4. The highest BCUT2D eigenvalue weighted by molar-refractivity contribution is 5.94. The average molecular weight is 305 g/mol. The molecule has 1 heterocycles. The lowest BCUT2D eigenvalue weighted by atomic mass is 9.95.